The molecule has 4 aromatic rings. The minimum absolute atomic E-state index is 0.0691. The Morgan fingerprint density at radius 3 is 2.71 bits per heavy atom. The first-order valence-corrected chi connectivity index (χ1v) is 10.3. The molecule has 8 nitrogen and oxygen atoms in total. The van der Waals surface area contributed by atoms with Gasteiger partial charge >= 0.3 is 11.9 Å². The molecular weight excluding hydrogens is 418 g/mol. The van der Waals surface area contributed by atoms with Crippen molar-refractivity contribution in [2.24, 2.45) is 4.99 Å². The Morgan fingerprint density at radius 2 is 1.97 bits per heavy atom. The van der Waals surface area contributed by atoms with Crippen LogP contribution in [0.15, 0.2) is 64.1 Å². The van der Waals surface area contributed by atoms with E-state index in [-0.39, 0.29) is 18.8 Å². The van der Waals surface area contributed by atoms with Gasteiger partial charge in [-0.2, -0.15) is 4.99 Å². The number of esters is 1. The number of methoxy groups -OCH3 is 1. The molecule has 2 aromatic carbocycles. The zero-order chi connectivity index (χ0) is 21.8. The number of carbonyl (C=O) groups excluding carboxylic acids is 2. The lowest BCUT2D eigenvalue weighted by Crippen LogP contribution is -2.23. The molecule has 0 unspecified atom stereocenters. The molecule has 1 amide bonds. The normalized spacial score (nSPS) is 11.6. The van der Waals surface area contributed by atoms with E-state index in [0.29, 0.717) is 16.3 Å². The first kappa shape index (κ1) is 20.5. The van der Waals surface area contributed by atoms with Crippen LogP contribution in [-0.4, -0.2) is 35.3 Å². The van der Waals surface area contributed by atoms with E-state index < -0.39 is 11.9 Å². The number of amides is 1. The van der Waals surface area contributed by atoms with E-state index >= 15 is 0 Å². The Morgan fingerprint density at radius 1 is 1.16 bits per heavy atom. The number of hydrogen-bond donors (Lipinski definition) is 0. The second kappa shape index (κ2) is 8.97. The van der Waals surface area contributed by atoms with Gasteiger partial charge in [0.05, 0.1) is 23.9 Å². The molecule has 2 aromatic heterocycles. The number of aromatic nitrogens is 2. The van der Waals surface area contributed by atoms with Gasteiger partial charge < -0.3 is 18.6 Å². The highest BCUT2D eigenvalue weighted by Crippen LogP contribution is 2.24. The zero-order valence-electron chi connectivity index (χ0n) is 16.9. The molecule has 158 valence electrons. The van der Waals surface area contributed by atoms with Crippen molar-refractivity contribution in [3.63, 3.8) is 0 Å². The molecule has 0 saturated heterocycles. The summed E-state index contributed by atoms with van der Waals surface area (Å²) in [6, 6.07) is 16.3. The Kier molecular flexibility index (Phi) is 5.94. The van der Waals surface area contributed by atoms with Crippen LogP contribution in [0.4, 0.5) is 0 Å². The van der Waals surface area contributed by atoms with Crippen molar-refractivity contribution < 1.29 is 23.6 Å². The highest BCUT2D eigenvalue weighted by Gasteiger charge is 2.16. The van der Waals surface area contributed by atoms with Gasteiger partial charge in [0.15, 0.2) is 16.3 Å². The quantitative estimate of drug-likeness (QED) is 0.427. The minimum Gasteiger partial charge on any atom is -0.497 e. The fraction of sp³-hybridized carbons (Fsp3) is 0.182. The van der Waals surface area contributed by atoms with Crippen LogP contribution in [-0.2, 0) is 16.1 Å². The van der Waals surface area contributed by atoms with Crippen LogP contribution < -0.4 is 9.54 Å². The predicted octanol–water partition coefficient (Wildman–Crippen LogP) is 3.67. The molecule has 0 aliphatic rings. The van der Waals surface area contributed by atoms with E-state index in [1.165, 1.54) is 11.3 Å². The highest BCUT2D eigenvalue weighted by atomic mass is 32.1. The second-order valence-electron chi connectivity index (χ2n) is 6.47. The van der Waals surface area contributed by atoms with Crippen molar-refractivity contribution in [3.8, 4) is 17.1 Å². The summed E-state index contributed by atoms with van der Waals surface area (Å²) < 4.78 is 18.1. The molecule has 0 fully saturated rings. The molecule has 4 rings (SSSR count). The maximum Gasteiger partial charge on any atom is 0.326 e. The van der Waals surface area contributed by atoms with Crippen LogP contribution in [0.25, 0.3) is 21.5 Å². The maximum atomic E-state index is 12.8. The van der Waals surface area contributed by atoms with Crippen LogP contribution in [0.1, 0.15) is 17.4 Å². The third-order valence-electron chi connectivity index (χ3n) is 4.47. The van der Waals surface area contributed by atoms with Gasteiger partial charge in [0.1, 0.15) is 12.3 Å². The number of carbonyl (C=O) groups is 2. The first-order valence-electron chi connectivity index (χ1n) is 9.53. The lowest BCUT2D eigenvalue weighted by atomic mass is 10.1. The summed E-state index contributed by atoms with van der Waals surface area (Å²) in [7, 11) is 1.57. The van der Waals surface area contributed by atoms with E-state index in [0.717, 1.165) is 15.8 Å². The van der Waals surface area contributed by atoms with Crippen LogP contribution >= 0.6 is 11.3 Å². The summed E-state index contributed by atoms with van der Waals surface area (Å²) in [5.41, 5.74) is 1.63. The smallest absolute Gasteiger partial charge is 0.326 e. The lowest BCUT2D eigenvalue weighted by molar-refractivity contribution is -0.143. The zero-order valence-corrected chi connectivity index (χ0v) is 17.7. The van der Waals surface area contributed by atoms with E-state index in [4.69, 9.17) is 14.0 Å². The summed E-state index contributed by atoms with van der Waals surface area (Å²) in [5.74, 6) is 0.153. The fourth-order valence-electron chi connectivity index (χ4n) is 3.01. The molecule has 0 spiro atoms. The first-order chi connectivity index (χ1) is 15.1. The number of nitrogens with zero attached hydrogens (tertiary/aromatic N) is 3. The molecule has 0 atom stereocenters. The van der Waals surface area contributed by atoms with E-state index in [2.05, 4.69) is 10.1 Å². The van der Waals surface area contributed by atoms with Crippen LogP contribution in [0.3, 0.4) is 0 Å². The molecule has 0 aliphatic heterocycles. The highest BCUT2D eigenvalue weighted by molar-refractivity contribution is 7.16. The van der Waals surface area contributed by atoms with Gasteiger partial charge in [-0.25, -0.2) is 0 Å². The molecular formula is C22H19N3O5S. The van der Waals surface area contributed by atoms with Gasteiger partial charge in [0, 0.05) is 11.6 Å². The lowest BCUT2D eigenvalue weighted by Gasteiger charge is -2.05. The summed E-state index contributed by atoms with van der Waals surface area (Å²) in [5, 5.41) is 3.86. The average Bonchev–Trinajstić information content (AvgIpc) is 3.40. The Hall–Kier alpha value is -3.72. The van der Waals surface area contributed by atoms with Gasteiger partial charge in [-0.15, -0.1) is 0 Å². The summed E-state index contributed by atoms with van der Waals surface area (Å²) in [4.78, 5) is 29.5. The standard InChI is InChI=1S/C22H19N3O5S/c1-3-29-20(26)13-25-17-10-9-15(28-2)11-19(17)31-22(25)23-21(27)16-12-18(30-24-16)14-7-5-4-6-8-14/h4-12H,3,13H2,1-2H3. The monoisotopic (exact) mass is 437 g/mol. The molecule has 0 saturated carbocycles. The van der Waals surface area contributed by atoms with E-state index in [1.807, 2.05) is 42.5 Å². The predicted molar refractivity (Wildman–Crippen MR) is 115 cm³/mol. The van der Waals surface area contributed by atoms with Crippen molar-refractivity contribution >= 4 is 33.4 Å². The Labute approximate surface area is 181 Å². The van der Waals surface area contributed by atoms with Gasteiger partial charge in [-0.3, -0.25) is 9.59 Å². The fourth-order valence-corrected chi connectivity index (χ4v) is 4.07. The van der Waals surface area contributed by atoms with Crippen molar-refractivity contribution in [3.05, 3.63) is 65.1 Å². The molecule has 2 heterocycles. The van der Waals surface area contributed by atoms with Crippen molar-refractivity contribution in [2.75, 3.05) is 13.7 Å². The van der Waals surface area contributed by atoms with Crippen LogP contribution in [0.5, 0.6) is 5.75 Å². The molecule has 9 heteroatoms. The molecule has 0 bridgehead atoms. The maximum absolute atomic E-state index is 12.8. The number of fused-ring (bicyclic) bond motifs is 1. The van der Waals surface area contributed by atoms with Crippen molar-refractivity contribution in [1.29, 1.82) is 0 Å². The largest absolute Gasteiger partial charge is 0.497 e. The third kappa shape index (κ3) is 4.41. The number of rotatable bonds is 6. The van der Waals surface area contributed by atoms with Crippen molar-refractivity contribution in [2.45, 2.75) is 13.5 Å². The number of thiazole rings is 1. The minimum atomic E-state index is -0.568. The number of benzene rings is 2. The van der Waals surface area contributed by atoms with E-state index in [1.54, 1.807) is 30.7 Å². The Balaban J connectivity index is 1.74. The summed E-state index contributed by atoms with van der Waals surface area (Å²) in [6.45, 7) is 1.94. The van der Waals surface area contributed by atoms with Crippen LogP contribution in [0, 0.1) is 0 Å². The van der Waals surface area contributed by atoms with Crippen LogP contribution in [0.2, 0.25) is 0 Å². The third-order valence-corrected chi connectivity index (χ3v) is 5.51. The van der Waals surface area contributed by atoms with Gasteiger partial charge in [0.2, 0.25) is 0 Å². The topological polar surface area (TPSA) is 95.9 Å². The molecule has 0 aliphatic carbocycles. The summed E-state index contributed by atoms with van der Waals surface area (Å²) in [6.07, 6.45) is 0. The van der Waals surface area contributed by atoms with Crippen molar-refractivity contribution in [1.82, 2.24) is 9.72 Å². The average molecular weight is 437 g/mol. The van der Waals surface area contributed by atoms with Gasteiger partial charge in [-0.1, -0.05) is 46.8 Å². The van der Waals surface area contributed by atoms with E-state index in [9.17, 15) is 9.59 Å². The second-order valence-corrected chi connectivity index (χ2v) is 7.48. The van der Waals surface area contributed by atoms with Gasteiger partial charge in [-0.05, 0) is 25.1 Å². The summed E-state index contributed by atoms with van der Waals surface area (Å²) >= 11 is 1.27. The van der Waals surface area contributed by atoms with Gasteiger partial charge in [0.25, 0.3) is 0 Å². The SMILES string of the molecule is CCOC(=O)Cn1c(=NC(=O)c2cc(-c3ccccc3)on2)sc2cc(OC)ccc21. The molecule has 0 N–H and O–H groups in total. The Bertz CT molecular complexity index is 1300. The molecule has 0 radical (unpaired) electrons. The number of hydrogen-bond acceptors (Lipinski definition) is 7. The number of ether oxygens (including phenoxy) is 2. The molecule has 31 heavy (non-hydrogen) atoms.